The smallest absolute Gasteiger partial charge is 0.222 e. The van der Waals surface area contributed by atoms with Gasteiger partial charge in [0.2, 0.25) is 5.91 Å². The molecule has 1 amide bonds. The van der Waals surface area contributed by atoms with Crippen LogP contribution in [-0.4, -0.2) is 43.6 Å². The first-order valence-corrected chi connectivity index (χ1v) is 8.96. The lowest BCUT2D eigenvalue weighted by molar-refractivity contribution is -0.139. The molecule has 2 fully saturated rings. The second-order valence-electron chi connectivity index (χ2n) is 6.45. The average Bonchev–Trinajstić information content (AvgIpc) is 2.61. The van der Waals surface area contributed by atoms with E-state index in [0.29, 0.717) is 37.1 Å². The van der Waals surface area contributed by atoms with Gasteiger partial charge in [0.05, 0.1) is 13.2 Å². The number of carbonyl (C=O) groups is 1. The molecule has 0 saturated carbocycles. The van der Waals surface area contributed by atoms with Gasteiger partial charge in [-0.05, 0) is 44.3 Å². The van der Waals surface area contributed by atoms with E-state index in [1.54, 1.807) is 0 Å². The maximum Gasteiger partial charge on any atom is 0.222 e. The molecule has 0 bridgehead atoms. The number of rotatable bonds is 4. The van der Waals surface area contributed by atoms with Crippen molar-refractivity contribution in [3.63, 3.8) is 0 Å². The maximum absolute atomic E-state index is 12.5. The van der Waals surface area contributed by atoms with E-state index in [2.05, 4.69) is 5.32 Å². The van der Waals surface area contributed by atoms with Gasteiger partial charge in [-0.2, -0.15) is 0 Å². The Morgan fingerprint density at radius 3 is 2.79 bits per heavy atom. The van der Waals surface area contributed by atoms with Crippen molar-refractivity contribution in [2.75, 3.05) is 32.8 Å². The molecule has 2 heterocycles. The monoisotopic (exact) mass is 372 g/mol. The second kappa shape index (κ2) is 9.62. The molecule has 1 unspecified atom stereocenters. The van der Waals surface area contributed by atoms with Crippen molar-refractivity contribution in [3.05, 3.63) is 34.9 Å². The fraction of sp³-hybridized carbons (Fsp3) is 0.611. The third kappa shape index (κ3) is 5.09. The number of hydrogen-bond donors (Lipinski definition) is 1. The zero-order valence-electron chi connectivity index (χ0n) is 13.9. The van der Waals surface area contributed by atoms with Gasteiger partial charge in [0.25, 0.3) is 0 Å². The van der Waals surface area contributed by atoms with Crippen LogP contribution in [0, 0.1) is 5.92 Å². The lowest BCUT2D eigenvalue weighted by Gasteiger charge is -2.34. The van der Waals surface area contributed by atoms with Crippen LogP contribution in [0.15, 0.2) is 24.3 Å². The van der Waals surface area contributed by atoms with Gasteiger partial charge in [0.15, 0.2) is 0 Å². The van der Waals surface area contributed by atoms with Gasteiger partial charge in [-0.1, -0.05) is 29.8 Å². The first-order chi connectivity index (χ1) is 11.2. The van der Waals surface area contributed by atoms with Gasteiger partial charge in [-0.3, -0.25) is 4.79 Å². The standard InChI is InChI=1S/C18H25ClN2O2.ClH/c19-16-4-2-1-3-15(16)17-13-21(11-12-23-17)18(22)6-5-14-7-9-20-10-8-14;/h1-4,14,17,20H,5-13H2;1H. The summed E-state index contributed by atoms with van der Waals surface area (Å²) in [5, 5.41) is 4.08. The summed E-state index contributed by atoms with van der Waals surface area (Å²) in [6, 6.07) is 7.73. The lowest BCUT2D eigenvalue weighted by Crippen LogP contribution is -2.42. The second-order valence-corrected chi connectivity index (χ2v) is 6.86. The Hall–Kier alpha value is -0.810. The molecule has 0 spiro atoms. The summed E-state index contributed by atoms with van der Waals surface area (Å²) in [6.45, 7) is 4.05. The fourth-order valence-electron chi connectivity index (χ4n) is 3.46. The highest BCUT2D eigenvalue weighted by atomic mass is 35.5. The van der Waals surface area contributed by atoms with Gasteiger partial charge in [-0.15, -0.1) is 12.4 Å². The molecule has 134 valence electrons. The summed E-state index contributed by atoms with van der Waals surface area (Å²) in [4.78, 5) is 14.5. The van der Waals surface area contributed by atoms with Crippen molar-refractivity contribution >= 4 is 29.9 Å². The SMILES string of the molecule is Cl.O=C(CCC1CCNCC1)N1CCOC(c2ccccc2Cl)C1. The van der Waals surface area contributed by atoms with Crippen molar-refractivity contribution in [1.82, 2.24) is 10.2 Å². The van der Waals surface area contributed by atoms with Crippen LogP contribution in [-0.2, 0) is 9.53 Å². The Kier molecular flexibility index (Phi) is 7.82. The molecule has 0 aromatic heterocycles. The highest BCUT2D eigenvalue weighted by Gasteiger charge is 2.27. The number of morpholine rings is 1. The molecule has 3 rings (SSSR count). The van der Waals surface area contributed by atoms with Crippen molar-refractivity contribution in [3.8, 4) is 0 Å². The average molecular weight is 373 g/mol. The Morgan fingerprint density at radius 2 is 2.04 bits per heavy atom. The summed E-state index contributed by atoms with van der Waals surface area (Å²) in [5.74, 6) is 0.949. The molecule has 2 saturated heterocycles. The number of hydrogen-bond acceptors (Lipinski definition) is 3. The maximum atomic E-state index is 12.5. The third-order valence-electron chi connectivity index (χ3n) is 4.90. The minimum atomic E-state index is -0.111. The normalized spacial score (nSPS) is 22.0. The molecule has 2 aliphatic heterocycles. The zero-order valence-corrected chi connectivity index (χ0v) is 15.5. The molecule has 0 radical (unpaired) electrons. The number of carbonyl (C=O) groups excluding carboxylic acids is 1. The summed E-state index contributed by atoms with van der Waals surface area (Å²) >= 11 is 6.26. The van der Waals surface area contributed by atoms with Gasteiger partial charge in [-0.25, -0.2) is 0 Å². The number of halogens is 2. The van der Waals surface area contributed by atoms with E-state index in [-0.39, 0.29) is 24.4 Å². The van der Waals surface area contributed by atoms with Crippen molar-refractivity contribution in [2.45, 2.75) is 31.8 Å². The third-order valence-corrected chi connectivity index (χ3v) is 5.24. The first kappa shape index (κ1) is 19.5. The van der Waals surface area contributed by atoms with Crippen molar-refractivity contribution in [1.29, 1.82) is 0 Å². The predicted octanol–water partition coefficient (Wildman–Crippen LogP) is 3.44. The Morgan fingerprint density at radius 1 is 1.29 bits per heavy atom. The van der Waals surface area contributed by atoms with E-state index in [0.717, 1.165) is 25.1 Å². The van der Waals surface area contributed by atoms with Crippen LogP contribution in [0.3, 0.4) is 0 Å². The van der Waals surface area contributed by atoms with Gasteiger partial charge >= 0.3 is 0 Å². The first-order valence-electron chi connectivity index (χ1n) is 8.58. The minimum Gasteiger partial charge on any atom is -0.370 e. The van der Waals surface area contributed by atoms with E-state index in [1.165, 1.54) is 12.8 Å². The number of nitrogens with one attached hydrogen (secondary N) is 1. The molecular weight excluding hydrogens is 347 g/mol. The van der Waals surface area contributed by atoms with E-state index < -0.39 is 0 Å². The number of nitrogens with zero attached hydrogens (tertiary/aromatic N) is 1. The van der Waals surface area contributed by atoms with E-state index in [1.807, 2.05) is 29.2 Å². The minimum absolute atomic E-state index is 0. The summed E-state index contributed by atoms with van der Waals surface area (Å²) in [7, 11) is 0. The molecular formula is C18H26Cl2N2O2. The van der Waals surface area contributed by atoms with E-state index in [9.17, 15) is 4.79 Å². The fourth-order valence-corrected chi connectivity index (χ4v) is 3.71. The Bertz CT molecular complexity index is 536. The summed E-state index contributed by atoms with van der Waals surface area (Å²) < 4.78 is 5.83. The number of ether oxygens (including phenoxy) is 1. The van der Waals surface area contributed by atoms with E-state index >= 15 is 0 Å². The van der Waals surface area contributed by atoms with Crippen LogP contribution >= 0.6 is 24.0 Å². The van der Waals surface area contributed by atoms with Gasteiger partial charge in [0.1, 0.15) is 6.10 Å². The molecule has 1 atom stereocenters. The highest BCUT2D eigenvalue weighted by Crippen LogP contribution is 2.29. The largest absolute Gasteiger partial charge is 0.370 e. The van der Waals surface area contributed by atoms with Crippen LogP contribution in [0.4, 0.5) is 0 Å². The number of amides is 1. The molecule has 1 N–H and O–H groups in total. The zero-order chi connectivity index (χ0) is 16.1. The van der Waals surface area contributed by atoms with Crippen LogP contribution < -0.4 is 5.32 Å². The van der Waals surface area contributed by atoms with Crippen LogP contribution in [0.1, 0.15) is 37.4 Å². The Labute approximate surface area is 155 Å². The predicted molar refractivity (Wildman–Crippen MR) is 98.8 cm³/mol. The van der Waals surface area contributed by atoms with Crippen LogP contribution in [0.5, 0.6) is 0 Å². The van der Waals surface area contributed by atoms with Crippen LogP contribution in [0.2, 0.25) is 5.02 Å². The molecule has 1 aromatic carbocycles. The lowest BCUT2D eigenvalue weighted by atomic mass is 9.93. The number of benzene rings is 1. The molecule has 4 nitrogen and oxygen atoms in total. The highest BCUT2D eigenvalue weighted by molar-refractivity contribution is 6.31. The molecule has 1 aromatic rings. The Balaban J connectivity index is 0.00000208. The number of piperidine rings is 1. The molecule has 0 aliphatic carbocycles. The topological polar surface area (TPSA) is 41.6 Å². The van der Waals surface area contributed by atoms with E-state index in [4.69, 9.17) is 16.3 Å². The molecule has 6 heteroatoms. The van der Waals surface area contributed by atoms with Gasteiger partial charge < -0.3 is 15.0 Å². The molecule has 24 heavy (non-hydrogen) atoms. The van der Waals surface area contributed by atoms with Crippen molar-refractivity contribution < 1.29 is 9.53 Å². The van der Waals surface area contributed by atoms with Crippen molar-refractivity contribution in [2.24, 2.45) is 5.92 Å². The summed E-state index contributed by atoms with van der Waals surface area (Å²) in [6.07, 6.45) is 3.94. The molecule has 2 aliphatic rings. The van der Waals surface area contributed by atoms with Crippen LogP contribution in [0.25, 0.3) is 0 Å². The quantitative estimate of drug-likeness (QED) is 0.879. The van der Waals surface area contributed by atoms with Gasteiger partial charge in [0, 0.05) is 23.6 Å². The summed E-state index contributed by atoms with van der Waals surface area (Å²) in [5.41, 5.74) is 0.977.